The van der Waals surface area contributed by atoms with E-state index in [1.807, 2.05) is 13.8 Å². The van der Waals surface area contributed by atoms with Crippen LogP contribution >= 0.6 is 11.8 Å². The van der Waals surface area contributed by atoms with Gasteiger partial charge in [-0.2, -0.15) is 0 Å². The molecule has 0 bridgehead atoms. The number of carbonyl (C=O) groups is 1. The summed E-state index contributed by atoms with van der Waals surface area (Å²) in [5.74, 6) is 0.195. The highest BCUT2D eigenvalue weighted by molar-refractivity contribution is 7.99. The van der Waals surface area contributed by atoms with Gasteiger partial charge in [-0.15, -0.1) is 0 Å². The van der Waals surface area contributed by atoms with Crippen LogP contribution in [0.15, 0.2) is 34.2 Å². The van der Waals surface area contributed by atoms with Gasteiger partial charge < -0.3 is 5.32 Å². The van der Waals surface area contributed by atoms with Gasteiger partial charge >= 0.3 is 0 Å². The highest BCUT2D eigenvalue weighted by atomic mass is 32.2. The number of thioether (sulfide) groups is 1. The normalized spacial score (nSPS) is 16.1. The Morgan fingerprint density at radius 2 is 2.20 bits per heavy atom. The number of hydrogen-bond donors (Lipinski definition) is 1. The van der Waals surface area contributed by atoms with Crippen LogP contribution < -0.4 is 10.9 Å². The van der Waals surface area contributed by atoms with Crippen LogP contribution in [0.25, 0.3) is 0 Å². The highest BCUT2D eigenvalue weighted by Crippen LogP contribution is 2.33. The fourth-order valence-electron chi connectivity index (χ4n) is 2.71. The maximum atomic E-state index is 13.6. The minimum absolute atomic E-state index is 0.127. The molecule has 1 aromatic carbocycles. The average Bonchev–Trinajstić information content (AvgIpc) is 2.94. The molecule has 1 atom stereocenters. The van der Waals surface area contributed by atoms with Crippen LogP contribution in [-0.2, 0) is 4.79 Å². The van der Waals surface area contributed by atoms with E-state index in [4.69, 9.17) is 0 Å². The van der Waals surface area contributed by atoms with Crippen molar-refractivity contribution in [2.75, 3.05) is 11.1 Å². The van der Waals surface area contributed by atoms with Gasteiger partial charge in [0.25, 0.3) is 5.56 Å². The summed E-state index contributed by atoms with van der Waals surface area (Å²) in [7, 11) is 0. The van der Waals surface area contributed by atoms with Crippen molar-refractivity contribution in [1.29, 1.82) is 0 Å². The van der Waals surface area contributed by atoms with E-state index in [2.05, 4.69) is 10.3 Å². The summed E-state index contributed by atoms with van der Waals surface area (Å²) in [6.07, 6.45) is 0.151. The van der Waals surface area contributed by atoms with Gasteiger partial charge in [-0.1, -0.05) is 31.7 Å². The molecule has 0 saturated heterocycles. The molecule has 0 fully saturated rings. The molecular weight excluding hydrogens is 341 g/mol. The summed E-state index contributed by atoms with van der Waals surface area (Å²) in [4.78, 5) is 29.2. The van der Waals surface area contributed by atoms with Gasteiger partial charge in [0.2, 0.25) is 5.91 Å². The number of fused-ring (bicyclic) bond motifs is 1. The lowest BCUT2D eigenvalue weighted by molar-refractivity contribution is -0.116. The number of hydrogen-bond acceptors (Lipinski definition) is 4. The van der Waals surface area contributed by atoms with Crippen molar-refractivity contribution in [3.05, 3.63) is 51.7 Å². The van der Waals surface area contributed by atoms with Gasteiger partial charge in [0.05, 0.1) is 11.7 Å². The summed E-state index contributed by atoms with van der Waals surface area (Å²) >= 11 is 1.49. The molecule has 0 spiro atoms. The number of carbonyl (C=O) groups excluding carboxylic acids is 1. The number of halogens is 1. The van der Waals surface area contributed by atoms with Crippen molar-refractivity contribution in [1.82, 2.24) is 9.55 Å². The molecule has 1 unspecified atom stereocenters. The number of nitrogens with one attached hydrogen (secondary N) is 1. The molecule has 0 aliphatic carbocycles. The van der Waals surface area contributed by atoms with Crippen molar-refractivity contribution >= 4 is 23.4 Å². The maximum absolute atomic E-state index is 13.6. The topological polar surface area (TPSA) is 64.0 Å². The third-order valence-electron chi connectivity index (χ3n) is 4.18. The Kier molecular flexibility index (Phi) is 4.94. The molecule has 5 nitrogen and oxygen atoms in total. The molecule has 1 aliphatic heterocycles. The summed E-state index contributed by atoms with van der Waals surface area (Å²) in [5.41, 5.74) is 1.58. The van der Waals surface area contributed by atoms with Crippen LogP contribution in [0.4, 0.5) is 10.1 Å². The van der Waals surface area contributed by atoms with E-state index < -0.39 is 0 Å². The fraction of sp³-hybridized carbons (Fsp3) is 0.389. The molecule has 7 heteroatoms. The Morgan fingerprint density at radius 1 is 1.44 bits per heavy atom. The number of amides is 1. The van der Waals surface area contributed by atoms with E-state index in [1.54, 1.807) is 29.7 Å². The molecule has 0 saturated carbocycles. The second kappa shape index (κ2) is 7.00. The minimum Gasteiger partial charge on any atom is -0.326 e. The van der Waals surface area contributed by atoms with Crippen LogP contribution in [0.2, 0.25) is 0 Å². The van der Waals surface area contributed by atoms with Gasteiger partial charge in [0.1, 0.15) is 5.82 Å². The Bertz CT molecular complexity index is 879. The van der Waals surface area contributed by atoms with E-state index >= 15 is 0 Å². The smallest absolute Gasteiger partial charge is 0.254 e. The number of aryl methyl sites for hydroxylation is 1. The number of nitrogens with zero attached hydrogens (tertiary/aromatic N) is 2. The zero-order valence-corrected chi connectivity index (χ0v) is 15.2. The molecule has 0 radical (unpaired) electrons. The lowest BCUT2D eigenvalue weighted by Crippen LogP contribution is -2.28. The van der Waals surface area contributed by atoms with Crippen molar-refractivity contribution in [2.45, 2.75) is 44.3 Å². The number of rotatable bonds is 4. The Balaban J connectivity index is 1.74. The fourth-order valence-corrected chi connectivity index (χ4v) is 3.87. The monoisotopic (exact) mass is 361 g/mol. The zero-order chi connectivity index (χ0) is 18.1. The van der Waals surface area contributed by atoms with E-state index in [9.17, 15) is 14.0 Å². The van der Waals surface area contributed by atoms with E-state index in [-0.39, 0.29) is 35.7 Å². The standard InChI is InChI=1S/C18H20FN3O2S/c1-10(2)15-8-17(24)22-13(9-25-18(22)21-15)7-16(23)20-12-5-4-11(3)14(19)6-12/h4-6,8,10,13H,7,9H2,1-3H3,(H,20,23). The quantitative estimate of drug-likeness (QED) is 0.847. The first-order chi connectivity index (χ1) is 11.8. The van der Waals surface area contributed by atoms with Crippen LogP contribution in [0.5, 0.6) is 0 Å². The molecule has 3 rings (SSSR count). The van der Waals surface area contributed by atoms with Crippen molar-refractivity contribution < 1.29 is 9.18 Å². The average molecular weight is 361 g/mol. The van der Waals surface area contributed by atoms with Gasteiger partial charge in [-0.05, 0) is 30.5 Å². The zero-order valence-electron chi connectivity index (χ0n) is 14.4. The Hall–Kier alpha value is -2.15. The molecule has 1 aromatic heterocycles. The van der Waals surface area contributed by atoms with E-state index in [0.29, 0.717) is 22.2 Å². The number of benzene rings is 1. The molecule has 132 valence electrons. The van der Waals surface area contributed by atoms with Gasteiger partial charge in [-0.3, -0.25) is 14.2 Å². The molecular formula is C18H20FN3O2S. The molecule has 1 aliphatic rings. The minimum atomic E-state index is -0.360. The van der Waals surface area contributed by atoms with Crippen LogP contribution in [0.3, 0.4) is 0 Å². The predicted octanol–water partition coefficient (Wildman–Crippen LogP) is 3.49. The second-order valence-corrected chi connectivity index (χ2v) is 7.49. The summed E-state index contributed by atoms with van der Waals surface area (Å²) in [6.45, 7) is 5.65. The summed E-state index contributed by atoms with van der Waals surface area (Å²) in [6, 6.07) is 5.88. The number of aromatic nitrogens is 2. The van der Waals surface area contributed by atoms with Gasteiger partial charge in [0, 0.05) is 23.9 Å². The van der Waals surface area contributed by atoms with E-state index in [0.717, 1.165) is 5.69 Å². The van der Waals surface area contributed by atoms with Crippen molar-refractivity contribution in [2.24, 2.45) is 0 Å². The van der Waals surface area contributed by atoms with Crippen LogP contribution in [0.1, 0.15) is 43.5 Å². The SMILES string of the molecule is Cc1ccc(NC(=O)CC2CSc3nc(C(C)C)cc(=O)n32)cc1F. The maximum Gasteiger partial charge on any atom is 0.254 e. The van der Waals surface area contributed by atoms with E-state index in [1.165, 1.54) is 17.8 Å². The number of anilines is 1. The Morgan fingerprint density at radius 3 is 2.88 bits per heavy atom. The molecule has 2 aromatic rings. The first-order valence-corrected chi connectivity index (χ1v) is 9.16. The Labute approximate surface area is 149 Å². The van der Waals surface area contributed by atoms with Crippen molar-refractivity contribution in [3.63, 3.8) is 0 Å². The van der Waals surface area contributed by atoms with Gasteiger partial charge in [0.15, 0.2) is 5.16 Å². The molecule has 2 heterocycles. The summed E-state index contributed by atoms with van der Waals surface area (Å²) < 4.78 is 15.2. The van der Waals surface area contributed by atoms with Crippen LogP contribution in [-0.4, -0.2) is 21.2 Å². The molecule has 1 amide bonds. The third kappa shape index (κ3) is 3.76. The van der Waals surface area contributed by atoms with Gasteiger partial charge in [-0.25, -0.2) is 9.37 Å². The van der Waals surface area contributed by atoms with Crippen molar-refractivity contribution in [3.8, 4) is 0 Å². The van der Waals surface area contributed by atoms with Crippen LogP contribution in [0, 0.1) is 12.7 Å². The lowest BCUT2D eigenvalue weighted by Gasteiger charge is -2.14. The second-order valence-electron chi connectivity index (χ2n) is 6.51. The highest BCUT2D eigenvalue weighted by Gasteiger charge is 2.28. The first-order valence-electron chi connectivity index (χ1n) is 8.17. The lowest BCUT2D eigenvalue weighted by atomic mass is 10.1. The third-order valence-corrected chi connectivity index (χ3v) is 5.28. The predicted molar refractivity (Wildman–Crippen MR) is 96.7 cm³/mol. The first kappa shape index (κ1) is 17.7. The molecule has 25 heavy (non-hydrogen) atoms. The molecule has 1 N–H and O–H groups in total. The largest absolute Gasteiger partial charge is 0.326 e. The summed E-state index contributed by atoms with van der Waals surface area (Å²) in [5, 5.41) is 3.36.